The van der Waals surface area contributed by atoms with E-state index >= 15 is 0 Å². The molecule has 0 saturated heterocycles. The zero-order valence-corrected chi connectivity index (χ0v) is 12.2. The molecule has 4 heteroatoms. The lowest BCUT2D eigenvalue weighted by molar-refractivity contribution is 0.615. The molecule has 0 amide bonds. The Bertz CT molecular complexity index is 640. The highest BCUT2D eigenvalue weighted by atomic mass is 19.1. The molecule has 3 nitrogen and oxygen atoms in total. The van der Waals surface area contributed by atoms with Gasteiger partial charge in [0.15, 0.2) is 0 Å². The SMILES string of the molecule is CC(N)c1ccc2c(c1)CCCN2Cc1cncc(F)c1. The Morgan fingerprint density at radius 1 is 1.33 bits per heavy atom. The van der Waals surface area contributed by atoms with E-state index in [2.05, 4.69) is 28.1 Å². The van der Waals surface area contributed by atoms with Crippen LogP contribution in [0.15, 0.2) is 36.7 Å². The summed E-state index contributed by atoms with van der Waals surface area (Å²) in [6.45, 7) is 3.68. The number of hydrogen-bond acceptors (Lipinski definition) is 3. The first-order valence-electron chi connectivity index (χ1n) is 7.36. The minimum Gasteiger partial charge on any atom is -0.367 e. The fourth-order valence-electron chi connectivity index (χ4n) is 2.91. The highest BCUT2D eigenvalue weighted by molar-refractivity contribution is 5.57. The van der Waals surface area contributed by atoms with Crippen LogP contribution in [-0.4, -0.2) is 11.5 Å². The smallest absolute Gasteiger partial charge is 0.141 e. The second kappa shape index (κ2) is 5.82. The lowest BCUT2D eigenvalue weighted by atomic mass is 9.97. The first kappa shape index (κ1) is 14.0. The van der Waals surface area contributed by atoms with E-state index in [0.717, 1.165) is 24.9 Å². The second-order valence-corrected chi connectivity index (χ2v) is 5.71. The number of nitrogens with zero attached hydrogens (tertiary/aromatic N) is 2. The average Bonchev–Trinajstić information content (AvgIpc) is 2.47. The van der Waals surface area contributed by atoms with Crippen LogP contribution in [0.2, 0.25) is 0 Å². The molecule has 1 unspecified atom stereocenters. The molecular weight excluding hydrogens is 265 g/mol. The highest BCUT2D eigenvalue weighted by Crippen LogP contribution is 2.30. The van der Waals surface area contributed by atoms with Crippen LogP contribution < -0.4 is 10.6 Å². The summed E-state index contributed by atoms with van der Waals surface area (Å²) in [6, 6.07) is 8.04. The number of benzene rings is 1. The maximum atomic E-state index is 13.3. The molecule has 0 radical (unpaired) electrons. The third-order valence-corrected chi connectivity index (χ3v) is 3.98. The molecule has 110 valence electrons. The number of halogens is 1. The standard InChI is InChI=1S/C17H20FN3/c1-12(19)14-4-5-17-15(8-14)3-2-6-21(17)11-13-7-16(18)10-20-9-13/h4-5,7-10,12H,2-3,6,11,19H2,1H3. The van der Waals surface area contributed by atoms with Crippen LogP contribution in [0.1, 0.15) is 36.1 Å². The number of rotatable bonds is 3. The quantitative estimate of drug-likeness (QED) is 0.941. The van der Waals surface area contributed by atoms with Crippen LogP contribution in [0.5, 0.6) is 0 Å². The lowest BCUT2D eigenvalue weighted by Gasteiger charge is -2.32. The van der Waals surface area contributed by atoms with Crippen LogP contribution in [0.3, 0.4) is 0 Å². The summed E-state index contributed by atoms with van der Waals surface area (Å²) in [4.78, 5) is 6.22. The average molecular weight is 285 g/mol. The Hall–Kier alpha value is -1.94. The van der Waals surface area contributed by atoms with Crippen molar-refractivity contribution < 1.29 is 4.39 Å². The van der Waals surface area contributed by atoms with Gasteiger partial charge in [0.1, 0.15) is 5.82 Å². The van der Waals surface area contributed by atoms with Gasteiger partial charge in [-0.15, -0.1) is 0 Å². The molecule has 2 aromatic rings. The molecule has 0 bridgehead atoms. The van der Waals surface area contributed by atoms with Crippen LogP contribution in [-0.2, 0) is 13.0 Å². The number of hydrogen-bond donors (Lipinski definition) is 1. The summed E-state index contributed by atoms with van der Waals surface area (Å²) in [5, 5.41) is 0. The van der Waals surface area contributed by atoms with Crippen molar-refractivity contribution in [3.05, 3.63) is 59.2 Å². The molecule has 21 heavy (non-hydrogen) atoms. The third-order valence-electron chi connectivity index (χ3n) is 3.98. The van der Waals surface area contributed by atoms with Gasteiger partial charge < -0.3 is 10.6 Å². The van der Waals surface area contributed by atoms with Gasteiger partial charge in [0.2, 0.25) is 0 Å². The lowest BCUT2D eigenvalue weighted by Crippen LogP contribution is -2.29. The summed E-state index contributed by atoms with van der Waals surface area (Å²) in [6.07, 6.45) is 5.15. The van der Waals surface area contributed by atoms with Crippen molar-refractivity contribution >= 4 is 5.69 Å². The van der Waals surface area contributed by atoms with Gasteiger partial charge in [0, 0.05) is 31.0 Å². The van der Waals surface area contributed by atoms with Crippen molar-refractivity contribution in [1.82, 2.24) is 4.98 Å². The molecule has 2 N–H and O–H groups in total. The van der Waals surface area contributed by atoms with Gasteiger partial charge in [-0.05, 0) is 48.6 Å². The summed E-state index contributed by atoms with van der Waals surface area (Å²) >= 11 is 0. The Morgan fingerprint density at radius 3 is 2.95 bits per heavy atom. The van der Waals surface area contributed by atoms with Gasteiger partial charge in [-0.2, -0.15) is 0 Å². The molecule has 3 rings (SSSR count). The first-order chi connectivity index (χ1) is 10.1. The molecule has 1 aliphatic heterocycles. The molecule has 2 heterocycles. The number of pyridine rings is 1. The van der Waals surface area contributed by atoms with Crippen molar-refractivity contribution in [2.45, 2.75) is 32.4 Å². The summed E-state index contributed by atoms with van der Waals surface area (Å²) in [5.74, 6) is -0.281. The van der Waals surface area contributed by atoms with Gasteiger partial charge in [0.05, 0.1) is 6.20 Å². The van der Waals surface area contributed by atoms with Gasteiger partial charge in [-0.25, -0.2) is 4.39 Å². The molecule has 0 saturated carbocycles. The van der Waals surface area contributed by atoms with Crippen molar-refractivity contribution in [2.24, 2.45) is 5.73 Å². The Morgan fingerprint density at radius 2 is 2.19 bits per heavy atom. The zero-order chi connectivity index (χ0) is 14.8. The normalized spacial score (nSPS) is 15.7. The largest absolute Gasteiger partial charge is 0.367 e. The van der Waals surface area contributed by atoms with Crippen LogP contribution >= 0.6 is 0 Å². The van der Waals surface area contributed by atoms with E-state index in [1.165, 1.54) is 23.0 Å². The number of anilines is 1. The molecule has 1 aromatic carbocycles. The van der Waals surface area contributed by atoms with Gasteiger partial charge in [-0.1, -0.05) is 12.1 Å². The van der Waals surface area contributed by atoms with E-state index in [1.807, 2.05) is 6.92 Å². The Labute approximate surface area is 124 Å². The van der Waals surface area contributed by atoms with Crippen molar-refractivity contribution in [3.8, 4) is 0 Å². The summed E-state index contributed by atoms with van der Waals surface area (Å²) in [5.41, 5.74) is 10.6. The third kappa shape index (κ3) is 3.05. The van der Waals surface area contributed by atoms with Crippen molar-refractivity contribution in [1.29, 1.82) is 0 Å². The molecular formula is C17H20FN3. The topological polar surface area (TPSA) is 42.1 Å². The van der Waals surface area contributed by atoms with E-state index in [0.29, 0.717) is 6.54 Å². The van der Waals surface area contributed by atoms with Crippen molar-refractivity contribution in [2.75, 3.05) is 11.4 Å². The summed E-state index contributed by atoms with van der Waals surface area (Å²) < 4.78 is 13.3. The highest BCUT2D eigenvalue weighted by Gasteiger charge is 2.18. The predicted molar refractivity (Wildman–Crippen MR) is 82.6 cm³/mol. The minimum absolute atomic E-state index is 0.0538. The zero-order valence-electron chi connectivity index (χ0n) is 12.2. The van der Waals surface area contributed by atoms with Gasteiger partial charge >= 0.3 is 0 Å². The van der Waals surface area contributed by atoms with E-state index in [4.69, 9.17) is 5.73 Å². The predicted octanol–water partition coefficient (Wildman–Crippen LogP) is 3.19. The fourth-order valence-corrected chi connectivity index (χ4v) is 2.91. The molecule has 1 aliphatic rings. The molecule has 0 fully saturated rings. The molecule has 0 aliphatic carbocycles. The molecule has 1 atom stereocenters. The van der Waals surface area contributed by atoms with E-state index in [9.17, 15) is 4.39 Å². The maximum absolute atomic E-state index is 13.3. The Kier molecular flexibility index (Phi) is 3.88. The maximum Gasteiger partial charge on any atom is 0.141 e. The van der Waals surface area contributed by atoms with Crippen LogP contribution in [0.25, 0.3) is 0 Å². The van der Waals surface area contributed by atoms with Crippen LogP contribution in [0.4, 0.5) is 10.1 Å². The van der Waals surface area contributed by atoms with E-state index in [-0.39, 0.29) is 11.9 Å². The number of fused-ring (bicyclic) bond motifs is 1. The van der Waals surface area contributed by atoms with Crippen LogP contribution in [0, 0.1) is 5.82 Å². The molecule has 0 spiro atoms. The fraction of sp³-hybridized carbons (Fsp3) is 0.353. The van der Waals surface area contributed by atoms with Gasteiger partial charge in [0.25, 0.3) is 0 Å². The van der Waals surface area contributed by atoms with E-state index < -0.39 is 0 Å². The summed E-state index contributed by atoms with van der Waals surface area (Å²) in [7, 11) is 0. The first-order valence-corrected chi connectivity index (χ1v) is 7.36. The number of aryl methyl sites for hydroxylation is 1. The Balaban J connectivity index is 1.86. The number of nitrogens with two attached hydrogens (primary N) is 1. The molecule has 1 aromatic heterocycles. The van der Waals surface area contributed by atoms with Gasteiger partial charge in [-0.3, -0.25) is 4.98 Å². The van der Waals surface area contributed by atoms with E-state index in [1.54, 1.807) is 12.3 Å². The minimum atomic E-state index is -0.281. The second-order valence-electron chi connectivity index (χ2n) is 5.71. The monoisotopic (exact) mass is 285 g/mol. The number of aromatic nitrogens is 1. The van der Waals surface area contributed by atoms with Crippen molar-refractivity contribution in [3.63, 3.8) is 0 Å².